The first-order valence-corrected chi connectivity index (χ1v) is 8.93. The SMILES string of the molecule is CC(C)C[C@@H](C(=O)Nc1ccc2ccccc2c1)C(=O)c1ccccc1. The lowest BCUT2D eigenvalue weighted by atomic mass is 9.89. The van der Waals surface area contributed by atoms with Crippen molar-refractivity contribution in [1.82, 2.24) is 0 Å². The van der Waals surface area contributed by atoms with Gasteiger partial charge in [0.2, 0.25) is 5.91 Å². The summed E-state index contributed by atoms with van der Waals surface area (Å²) in [5, 5.41) is 5.10. The Morgan fingerprint density at radius 2 is 1.50 bits per heavy atom. The largest absolute Gasteiger partial charge is 0.325 e. The van der Waals surface area contributed by atoms with Gasteiger partial charge in [0, 0.05) is 11.3 Å². The Hall–Kier alpha value is -2.94. The molecular formula is C23H23NO2. The molecule has 26 heavy (non-hydrogen) atoms. The number of hydrogen-bond donors (Lipinski definition) is 1. The van der Waals surface area contributed by atoms with E-state index in [0.29, 0.717) is 17.7 Å². The van der Waals surface area contributed by atoms with Gasteiger partial charge in [0.25, 0.3) is 0 Å². The molecule has 1 atom stereocenters. The Kier molecular flexibility index (Phi) is 5.47. The molecule has 1 N–H and O–H groups in total. The molecule has 0 bridgehead atoms. The molecule has 0 heterocycles. The first-order chi connectivity index (χ1) is 12.5. The maximum absolute atomic E-state index is 12.9. The van der Waals surface area contributed by atoms with Crippen molar-refractivity contribution in [3.63, 3.8) is 0 Å². The van der Waals surface area contributed by atoms with Crippen molar-refractivity contribution in [2.45, 2.75) is 20.3 Å². The van der Waals surface area contributed by atoms with Gasteiger partial charge in [-0.1, -0.05) is 74.5 Å². The number of ketones is 1. The summed E-state index contributed by atoms with van der Waals surface area (Å²) in [6.45, 7) is 4.04. The molecule has 132 valence electrons. The van der Waals surface area contributed by atoms with E-state index >= 15 is 0 Å². The van der Waals surface area contributed by atoms with Gasteiger partial charge in [0.1, 0.15) is 5.92 Å². The Balaban J connectivity index is 1.83. The molecule has 3 aromatic carbocycles. The lowest BCUT2D eigenvalue weighted by Gasteiger charge is -2.18. The third-order valence-corrected chi connectivity index (χ3v) is 4.42. The molecule has 0 spiro atoms. The highest BCUT2D eigenvalue weighted by Crippen LogP contribution is 2.22. The van der Waals surface area contributed by atoms with Gasteiger partial charge in [-0.15, -0.1) is 0 Å². The van der Waals surface area contributed by atoms with Crippen molar-refractivity contribution in [3.8, 4) is 0 Å². The predicted octanol–water partition coefficient (Wildman–Crippen LogP) is 5.32. The van der Waals surface area contributed by atoms with Crippen LogP contribution in [0.5, 0.6) is 0 Å². The van der Waals surface area contributed by atoms with Crippen LogP contribution < -0.4 is 5.32 Å². The number of carbonyl (C=O) groups is 2. The molecule has 3 rings (SSSR count). The molecule has 3 nitrogen and oxygen atoms in total. The maximum Gasteiger partial charge on any atom is 0.235 e. The van der Waals surface area contributed by atoms with E-state index < -0.39 is 5.92 Å². The average Bonchev–Trinajstić information content (AvgIpc) is 2.66. The van der Waals surface area contributed by atoms with Crippen molar-refractivity contribution >= 4 is 28.2 Å². The maximum atomic E-state index is 12.9. The van der Waals surface area contributed by atoms with E-state index in [2.05, 4.69) is 5.32 Å². The fourth-order valence-electron chi connectivity index (χ4n) is 3.10. The molecule has 0 aromatic heterocycles. The first kappa shape index (κ1) is 17.9. The van der Waals surface area contributed by atoms with E-state index in [1.165, 1.54) is 0 Å². The number of hydrogen-bond acceptors (Lipinski definition) is 2. The van der Waals surface area contributed by atoms with Gasteiger partial charge in [-0.05, 0) is 35.2 Å². The van der Waals surface area contributed by atoms with Crippen molar-refractivity contribution in [2.24, 2.45) is 11.8 Å². The van der Waals surface area contributed by atoms with Gasteiger partial charge in [-0.2, -0.15) is 0 Å². The molecule has 0 aliphatic carbocycles. The van der Waals surface area contributed by atoms with E-state index in [1.807, 2.05) is 74.5 Å². The minimum atomic E-state index is -0.691. The van der Waals surface area contributed by atoms with E-state index in [4.69, 9.17) is 0 Å². The summed E-state index contributed by atoms with van der Waals surface area (Å²) in [5.74, 6) is -0.820. The van der Waals surface area contributed by atoms with Crippen molar-refractivity contribution < 1.29 is 9.59 Å². The molecule has 0 fully saturated rings. The second kappa shape index (κ2) is 7.96. The summed E-state index contributed by atoms with van der Waals surface area (Å²) in [7, 11) is 0. The van der Waals surface area contributed by atoms with Crippen LogP contribution in [0.25, 0.3) is 10.8 Å². The molecule has 0 radical (unpaired) electrons. The zero-order valence-corrected chi connectivity index (χ0v) is 15.1. The third-order valence-electron chi connectivity index (χ3n) is 4.42. The standard InChI is InChI=1S/C23H23NO2/c1-16(2)14-21(22(25)18-9-4-3-5-10-18)23(26)24-20-13-12-17-8-6-7-11-19(17)15-20/h3-13,15-16,21H,14H2,1-2H3,(H,24,26)/t21-/m1/s1. The van der Waals surface area contributed by atoms with Gasteiger partial charge in [0.05, 0.1) is 0 Å². The average molecular weight is 345 g/mol. The van der Waals surface area contributed by atoms with Gasteiger partial charge in [-0.3, -0.25) is 9.59 Å². The first-order valence-electron chi connectivity index (χ1n) is 8.93. The molecule has 0 aliphatic rings. The number of anilines is 1. The van der Waals surface area contributed by atoms with E-state index in [-0.39, 0.29) is 17.6 Å². The highest BCUT2D eigenvalue weighted by atomic mass is 16.2. The monoisotopic (exact) mass is 345 g/mol. The summed E-state index contributed by atoms with van der Waals surface area (Å²) in [6.07, 6.45) is 0.521. The lowest BCUT2D eigenvalue weighted by molar-refractivity contribution is -0.118. The van der Waals surface area contributed by atoms with Crippen molar-refractivity contribution in [3.05, 3.63) is 78.4 Å². The minimum Gasteiger partial charge on any atom is -0.325 e. The smallest absolute Gasteiger partial charge is 0.235 e. The molecule has 0 saturated carbocycles. The third kappa shape index (κ3) is 4.17. The van der Waals surface area contributed by atoms with Gasteiger partial charge < -0.3 is 5.32 Å². The molecule has 0 aliphatic heterocycles. The van der Waals surface area contributed by atoms with Crippen LogP contribution in [0.15, 0.2) is 72.8 Å². The zero-order chi connectivity index (χ0) is 18.5. The fraction of sp³-hybridized carbons (Fsp3) is 0.217. The molecule has 3 aromatic rings. The second-order valence-electron chi connectivity index (χ2n) is 6.96. The highest BCUT2D eigenvalue weighted by molar-refractivity contribution is 6.13. The Morgan fingerprint density at radius 1 is 0.846 bits per heavy atom. The Bertz CT molecular complexity index is 916. The minimum absolute atomic E-state index is 0.127. The lowest BCUT2D eigenvalue weighted by Crippen LogP contribution is -2.31. The normalized spacial score (nSPS) is 12.1. The molecule has 0 unspecified atom stereocenters. The number of Topliss-reactive ketones (excluding diaryl/α,β-unsaturated/α-hetero) is 1. The number of amides is 1. The van der Waals surface area contributed by atoms with Crippen LogP contribution in [0.1, 0.15) is 30.6 Å². The Morgan fingerprint density at radius 3 is 2.19 bits per heavy atom. The van der Waals surface area contributed by atoms with Crippen LogP contribution in [0.4, 0.5) is 5.69 Å². The Labute approximate surface area is 154 Å². The summed E-state index contributed by atoms with van der Waals surface area (Å²) >= 11 is 0. The summed E-state index contributed by atoms with van der Waals surface area (Å²) in [6, 6.07) is 22.8. The van der Waals surface area contributed by atoms with Gasteiger partial charge in [0.15, 0.2) is 5.78 Å². The van der Waals surface area contributed by atoms with Gasteiger partial charge in [-0.25, -0.2) is 0 Å². The summed E-state index contributed by atoms with van der Waals surface area (Å²) < 4.78 is 0. The van der Waals surface area contributed by atoms with Crippen LogP contribution in [0.2, 0.25) is 0 Å². The van der Waals surface area contributed by atoms with E-state index in [1.54, 1.807) is 12.1 Å². The number of carbonyl (C=O) groups excluding carboxylic acids is 2. The second-order valence-corrected chi connectivity index (χ2v) is 6.96. The van der Waals surface area contributed by atoms with Crippen LogP contribution in [0, 0.1) is 11.8 Å². The van der Waals surface area contributed by atoms with E-state index in [9.17, 15) is 9.59 Å². The summed E-state index contributed by atoms with van der Waals surface area (Å²) in [5.41, 5.74) is 1.29. The number of fused-ring (bicyclic) bond motifs is 1. The highest BCUT2D eigenvalue weighted by Gasteiger charge is 2.28. The van der Waals surface area contributed by atoms with Crippen LogP contribution in [-0.2, 0) is 4.79 Å². The predicted molar refractivity (Wildman–Crippen MR) is 106 cm³/mol. The molecular weight excluding hydrogens is 322 g/mol. The van der Waals surface area contributed by atoms with E-state index in [0.717, 1.165) is 10.8 Å². The quantitative estimate of drug-likeness (QED) is 0.485. The van der Waals surface area contributed by atoms with Crippen LogP contribution >= 0.6 is 0 Å². The molecule has 3 heteroatoms. The number of nitrogens with one attached hydrogen (secondary N) is 1. The van der Waals surface area contributed by atoms with Crippen molar-refractivity contribution in [2.75, 3.05) is 5.32 Å². The zero-order valence-electron chi connectivity index (χ0n) is 15.1. The van der Waals surface area contributed by atoms with Crippen LogP contribution in [-0.4, -0.2) is 11.7 Å². The summed E-state index contributed by atoms with van der Waals surface area (Å²) in [4.78, 5) is 25.7. The topological polar surface area (TPSA) is 46.2 Å². The molecule has 1 amide bonds. The number of rotatable bonds is 6. The van der Waals surface area contributed by atoms with Gasteiger partial charge >= 0.3 is 0 Å². The fourth-order valence-corrected chi connectivity index (χ4v) is 3.10. The number of benzene rings is 3. The molecule has 0 saturated heterocycles. The van der Waals surface area contributed by atoms with Crippen molar-refractivity contribution in [1.29, 1.82) is 0 Å². The van der Waals surface area contributed by atoms with Crippen LogP contribution in [0.3, 0.4) is 0 Å².